The predicted octanol–water partition coefficient (Wildman–Crippen LogP) is 2.33. The molecule has 0 saturated heterocycles. The number of rotatable bonds is 3. The molecule has 1 rings (SSSR count). The molecule has 1 aromatic rings. The average molecular weight is 177 g/mol. The highest BCUT2D eigenvalue weighted by molar-refractivity contribution is 5.88. The first-order valence-corrected chi connectivity index (χ1v) is 3.95. The van der Waals surface area contributed by atoms with Crippen LogP contribution in [0.1, 0.15) is 17.3 Å². The zero-order valence-corrected chi connectivity index (χ0v) is 7.32. The molecule has 0 amide bonds. The third-order valence-corrected chi connectivity index (χ3v) is 1.55. The molecular formula is C10H11NO2. The molecule has 1 aromatic carbocycles. The number of hydrogen-bond donors (Lipinski definition) is 2. The molecule has 0 atom stereocenters. The Morgan fingerprint density at radius 1 is 1.38 bits per heavy atom. The van der Waals surface area contributed by atoms with Crippen molar-refractivity contribution in [2.24, 2.45) is 0 Å². The summed E-state index contributed by atoms with van der Waals surface area (Å²) in [6.07, 6.45) is 3.65. The van der Waals surface area contributed by atoms with Gasteiger partial charge in [0, 0.05) is 5.69 Å². The van der Waals surface area contributed by atoms with Crippen molar-refractivity contribution in [2.75, 3.05) is 5.32 Å². The quantitative estimate of drug-likeness (QED) is 0.744. The van der Waals surface area contributed by atoms with Gasteiger partial charge >= 0.3 is 5.97 Å². The van der Waals surface area contributed by atoms with E-state index in [0.29, 0.717) is 5.56 Å². The Morgan fingerprint density at radius 3 is 2.46 bits per heavy atom. The fourth-order valence-corrected chi connectivity index (χ4v) is 0.889. The van der Waals surface area contributed by atoms with E-state index < -0.39 is 5.97 Å². The van der Waals surface area contributed by atoms with E-state index in [-0.39, 0.29) is 0 Å². The lowest BCUT2D eigenvalue weighted by molar-refractivity contribution is 0.0697. The van der Waals surface area contributed by atoms with Gasteiger partial charge in [-0.15, -0.1) is 0 Å². The third-order valence-electron chi connectivity index (χ3n) is 1.55. The van der Waals surface area contributed by atoms with E-state index in [2.05, 4.69) is 5.32 Å². The van der Waals surface area contributed by atoms with Gasteiger partial charge in [-0.3, -0.25) is 0 Å². The number of carbonyl (C=O) groups is 1. The molecular weight excluding hydrogens is 166 g/mol. The Labute approximate surface area is 76.7 Å². The van der Waals surface area contributed by atoms with Crippen LogP contribution in [-0.2, 0) is 0 Å². The number of anilines is 1. The van der Waals surface area contributed by atoms with Gasteiger partial charge in [0.15, 0.2) is 0 Å². The number of allylic oxidation sites excluding steroid dienone is 1. The first-order valence-electron chi connectivity index (χ1n) is 3.95. The number of aromatic carboxylic acids is 1. The first-order chi connectivity index (χ1) is 6.24. The van der Waals surface area contributed by atoms with Crippen molar-refractivity contribution in [1.29, 1.82) is 0 Å². The Balaban J connectivity index is 2.75. The van der Waals surface area contributed by atoms with Gasteiger partial charge in [0.25, 0.3) is 0 Å². The third kappa shape index (κ3) is 2.63. The summed E-state index contributed by atoms with van der Waals surface area (Å²) >= 11 is 0. The van der Waals surface area contributed by atoms with Crippen LogP contribution in [0.3, 0.4) is 0 Å². The van der Waals surface area contributed by atoms with Crippen LogP contribution >= 0.6 is 0 Å². The molecule has 0 bridgehead atoms. The molecule has 3 heteroatoms. The molecule has 0 spiro atoms. The molecule has 0 saturated carbocycles. The minimum absolute atomic E-state index is 0.297. The standard InChI is InChI=1S/C10H11NO2/c1-2-7-11-9-5-3-8(4-6-9)10(12)13/h2-7,11H,1H3,(H,12,13). The number of benzene rings is 1. The van der Waals surface area contributed by atoms with Crippen molar-refractivity contribution in [2.45, 2.75) is 6.92 Å². The van der Waals surface area contributed by atoms with Gasteiger partial charge in [0.1, 0.15) is 0 Å². The molecule has 0 fully saturated rings. The van der Waals surface area contributed by atoms with Crippen LogP contribution in [-0.4, -0.2) is 11.1 Å². The maximum atomic E-state index is 10.5. The van der Waals surface area contributed by atoms with E-state index in [4.69, 9.17) is 5.11 Å². The van der Waals surface area contributed by atoms with E-state index >= 15 is 0 Å². The van der Waals surface area contributed by atoms with Crippen LogP contribution in [0, 0.1) is 0 Å². The summed E-state index contributed by atoms with van der Waals surface area (Å²) in [6.45, 7) is 1.90. The van der Waals surface area contributed by atoms with E-state index in [1.165, 1.54) is 0 Å². The van der Waals surface area contributed by atoms with Crippen LogP contribution < -0.4 is 5.32 Å². The molecule has 68 valence electrons. The molecule has 0 heterocycles. The molecule has 0 aromatic heterocycles. The molecule has 0 aliphatic carbocycles. The molecule has 0 aliphatic heterocycles. The van der Waals surface area contributed by atoms with Gasteiger partial charge in [0.2, 0.25) is 0 Å². The second-order valence-corrected chi connectivity index (χ2v) is 2.53. The van der Waals surface area contributed by atoms with Crippen LogP contribution in [0.4, 0.5) is 5.69 Å². The van der Waals surface area contributed by atoms with E-state index in [0.717, 1.165) is 5.69 Å². The van der Waals surface area contributed by atoms with Crippen molar-refractivity contribution in [1.82, 2.24) is 0 Å². The summed E-state index contributed by atoms with van der Waals surface area (Å²) in [7, 11) is 0. The Kier molecular flexibility index (Phi) is 3.09. The predicted molar refractivity (Wildman–Crippen MR) is 51.8 cm³/mol. The Morgan fingerprint density at radius 2 is 2.00 bits per heavy atom. The van der Waals surface area contributed by atoms with Crippen molar-refractivity contribution in [3.8, 4) is 0 Å². The minimum atomic E-state index is -0.905. The van der Waals surface area contributed by atoms with E-state index in [1.54, 1.807) is 30.5 Å². The molecule has 0 radical (unpaired) electrons. The summed E-state index contributed by atoms with van der Waals surface area (Å²) in [5, 5.41) is 11.6. The molecule has 13 heavy (non-hydrogen) atoms. The van der Waals surface area contributed by atoms with Gasteiger partial charge in [0.05, 0.1) is 5.56 Å². The molecule has 0 aliphatic rings. The average Bonchev–Trinajstić information content (AvgIpc) is 2.15. The van der Waals surface area contributed by atoms with Crippen molar-refractivity contribution in [3.05, 3.63) is 42.1 Å². The Bertz CT molecular complexity index is 314. The van der Waals surface area contributed by atoms with Crippen LogP contribution in [0.25, 0.3) is 0 Å². The number of carboxylic acid groups (broad SMARTS) is 1. The van der Waals surface area contributed by atoms with Crippen LogP contribution in [0.2, 0.25) is 0 Å². The number of carboxylic acids is 1. The number of nitrogens with one attached hydrogen (secondary N) is 1. The topological polar surface area (TPSA) is 49.3 Å². The lowest BCUT2D eigenvalue weighted by Gasteiger charge is -2.00. The fourth-order valence-electron chi connectivity index (χ4n) is 0.889. The second kappa shape index (κ2) is 4.30. The van der Waals surface area contributed by atoms with Gasteiger partial charge in [-0.05, 0) is 37.4 Å². The fraction of sp³-hybridized carbons (Fsp3) is 0.100. The van der Waals surface area contributed by atoms with Gasteiger partial charge in [-0.2, -0.15) is 0 Å². The second-order valence-electron chi connectivity index (χ2n) is 2.53. The maximum Gasteiger partial charge on any atom is 0.335 e. The zero-order valence-electron chi connectivity index (χ0n) is 7.32. The smallest absolute Gasteiger partial charge is 0.335 e. The minimum Gasteiger partial charge on any atom is -0.478 e. The largest absolute Gasteiger partial charge is 0.478 e. The van der Waals surface area contributed by atoms with Gasteiger partial charge < -0.3 is 10.4 Å². The summed E-state index contributed by atoms with van der Waals surface area (Å²) in [4.78, 5) is 10.5. The molecule has 0 unspecified atom stereocenters. The molecule has 2 N–H and O–H groups in total. The first kappa shape index (κ1) is 9.32. The maximum absolute atomic E-state index is 10.5. The van der Waals surface area contributed by atoms with E-state index in [9.17, 15) is 4.79 Å². The van der Waals surface area contributed by atoms with Crippen LogP contribution in [0.5, 0.6) is 0 Å². The van der Waals surface area contributed by atoms with Gasteiger partial charge in [-0.1, -0.05) is 6.08 Å². The summed E-state index contributed by atoms with van der Waals surface area (Å²) < 4.78 is 0. The highest BCUT2D eigenvalue weighted by Crippen LogP contribution is 2.09. The lowest BCUT2D eigenvalue weighted by atomic mass is 10.2. The SMILES string of the molecule is CC=CNc1ccc(C(=O)O)cc1. The Hall–Kier alpha value is -1.77. The summed E-state index contributed by atoms with van der Waals surface area (Å²) in [5.74, 6) is -0.905. The van der Waals surface area contributed by atoms with Crippen molar-refractivity contribution in [3.63, 3.8) is 0 Å². The zero-order chi connectivity index (χ0) is 9.68. The monoisotopic (exact) mass is 177 g/mol. The van der Waals surface area contributed by atoms with E-state index in [1.807, 2.05) is 13.0 Å². The lowest BCUT2D eigenvalue weighted by Crippen LogP contribution is -1.95. The van der Waals surface area contributed by atoms with Crippen molar-refractivity contribution >= 4 is 11.7 Å². The summed E-state index contributed by atoms with van der Waals surface area (Å²) in [5.41, 5.74) is 1.18. The highest BCUT2D eigenvalue weighted by Gasteiger charge is 1.99. The van der Waals surface area contributed by atoms with Crippen molar-refractivity contribution < 1.29 is 9.90 Å². The molecule has 3 nitrogen and oxygen atoms in total. The number of hydrogen-bond acceptors (Lipinski definition) is 2. The highest BCUT2D eigenvalue weighted by atomic mass is 16.4. The summed E-state index contributed by atoms with van der Waals surface area (Å²) in [6, 6.07) is 6.58. The normalized spacial score (nSPS) is 10.2. The van der Waals surface area contributed by atoms with Crippen LogP contribution in [0.15, 0.2) is 36.5 Å². The van der Waals surface area contributed by atoms with Gasteiger partial charge in [-0.25, -0.2) is 4.79 Å².